The quantitative estimate of drug-likeness (QED) is 0.783. The van der Waals surface area contributed by atoms with Crippen molar-refractivity contribution in [2.24, 2.45) is 0 Å². The van der Waals surface area contributed by atoms with E-state index in [0.717, 1.165) is 22.6 Å². The molecule has 0 aromatic heterocycles. The van der Waals surface area contributed by atoms with Crippen LogP contribution in [0, 0.1) is 0 Å². The number of carbonyl (C=O) groups excluding carboxylic acids is 1. The summed E-state index contributed by atoms with van der Waals surface area (Å²) in [6, 6.07) is 5.20. The van der Waals surface area contributed by atoms with Crippen LogP contribution in [0.4, 0.5) is 0 Å². The molecule has 1 saturated carbocycles. The van der Waals surface area contributed by atoms with Crippen LogP contribution in [0.15, 0.2) is 22.7 Å². The summed E-state index contributed by atoms with van der Waals surface area (Å²) in [5.74, 6) is -0.0484. The zero-order valence-electron chi connectivity index (χ0n) is 9.10. The maximum atomic E-state index is 12.1. The maximum Gasteiger partial charge on any atom is 0.252 e. The molecule has 0 bridgehead atoms. The summed E-state index contributed by atoms with van der Waals surface area (Å²) in [5.41, 5.74) is 0.567. The number of nitrogens with one attached hydrogen (secondary N) is 1. The minimum Gasteiger partial charge on any atom is -0.346 e. The molecule has 0 heterocycles. The van der Waals surface area contributed by atoms with E-state index in [2.05, 4.69) is 37.2 Å². The SMILES string of the molecule is O=C(NC1(CBr)CCC1)c1ccc(Cl)cc1Br. The van der Waals surface area contributed by atoms with Crippen LogP contribution in [0.1, 0.15) is 29.6 Å². The predicted molar refractivity (Wildman–Crippen MR) is 77.0 cm³/mol. The fourth-order valence-electron chi connectivity index (χ4n) is 1.88. The molecule has 1 amide bonds. The van der Waals surface area contributed by atoms with Crippen molar-refractivity contribution in [2.75, 3.05) is 5.33 Å². The number of alkyl halides is 1. The monoisotopic (exact) mass is 379 g/mol. The Morgan fingerprint density at radius 3 is 2.65 bits per heavy atom. The first kappa shape index (κ1) is 13.4. The Bertz CT molecular complexity index is 441. The Balaban J connectivity index is 2.14. The van der Waals surface area contributed by atoms with E-state index in [4.69, 9.17) is 11.6 Å². The van der Waals surface area contributed by atoms with Gasteiger partial charge in [-0.05, 0) is 53.4 Å². The Kier molecular flexibility index (Phi) is 4.16. The molecule has 5 heteroatoms. The number of rotatable bonds is 3. The first-order valence-corrected chi connectivity index (χ1v) is 7.69. The summed E-state index contributed by atoms with van der Waals surface area (Å²) in [5, 5.41) is 4.52. The number of amides is 1. The molecule has 0 spiro atoms. The molecule has 2 rings (SSSR count). The minimum absolute atomic E-state index is 0.0484. The molecule has 0 unspecified atom stereocenters. The van der Waals surface area contributed by atoms with Crippen LogP contribution in [0.2, 0.25) is 5.02 Å². The smallest absolute Gasteiger partial charge is 0.252 e. The molecule has 2 nitrogen and oxygen atoms in total. The van der Waals surface area contributed by atoms with Crippen LogP contribution >= 0.6 is 43.5 Å². The molecule has 1 aliphatic rings. The highest BCUT2D eigenvalue weighted by molar-refractivity contribution is 9.10. The van der Waals surface area contributed by atoms with Crippen LogP contribution in [0.5, 0.6) is 0 Å². The summed E-state index contributed by atoms with van der Waals surface area (Å²) in [6.07, 6.45) is 3.25. The van der Waals surface area contributed by atoms with Crippen LogP contribution in [-0.4, -0.2) is 16.8 Å². The van der Waals surface area contributed by atoms with Crippen LogP contribution in [0.3, 0.4) is 0 Å². The number of hydrogen-bond donors (Lipinski definition) is 1. The lowest BCUT2D eigenvalue weighted by atomic mass is 9.78. The van der Waals surface area contributed by atoms with Crippen molar-refractivity contribution in [3.05, 3.63) is 33.3 Å². The van der Waals surface area contributed by atoms with Gasteiger partial charge < -0.3 is 5.32 Å². The normalized spacial score (nSPS) is 17.4. The topological polar surface area (TPSA) is 29.1 Å². The van der Waals surface area contributed by atoms with Gasteiger partial charge in [0.1, 0.15) is 0 Å². The first-order valence-electron chi connectivity index (χ1n) is 5.40. The predicted octanol–water partition coefficient (Wildman–Crippen LogP) is 4.15. The average Bonchev–Trinajstić information content (AvgIpc) is 2.23. The van der Waals surface area contributed by atoms with E-state index >= 15 is 0 Å². The van der Waals surface area contributed by atoms with Gasteiger partial charge in [-0.2, -0.15) is 0 Å². The summed E-state index contributed by atoms with van der Waals surface area (Å²) < 4.78 is 0.728. The van der Waals surface area contributed by atoms with E-state index < -0.39 is 0 Å². The summed E-state index contributed by atoms with van der Waals surface area (Å²) >= 11 is 12.7. The molecule has 1 aliphatic carbocycles. The summed E-state index contributed by atoms with van der Waals surface area (Å²) in [4.78, 5) is 12.1. The molecule has 17 heavy (non-hydrogen) atoms. The largest absolute Gasteiger partial charge is 0.346 e. The third kappa shape index (κ3) is 2.85. The van der Waals surface area contributed by atoms with Gasteiger partial charge in [0.2, 0.25) is 0 Å². The maximum absolute atomic E-state index is 12.1. The Morgan fingerprint density at radius 1 is 1.47 bits per heavy atom. The van der Waals surface area contributed by atoms with Gasteiger partial charge >= 0.3 is 0 Å². The van der Waals surface area contributed by atoms with Crippen molar-refractivity contribution in [1.29, 1.82) is 0 Å². The van der Waals surface area contributed by atoms with Crippen LogP contribution in [0.25, 0.3) is 0 Å². The molecule has 1 aromatic rings. The molecular weight excluding hydrogens is 369 g/mol. The van der Waals surface area contributed by atoms with Crippen molar-refractivity contribution in [1.82, 2.24) is 5.32 Å². The van der Waals surface area contributed by atoms with Crippen molar-refractivity contribution in [3.63, 3.8) is 0 Å². The summed E-state index contributed by atoms with van der Waals surface area (Å²) in [6.45, 7) is 0. The third-order valence-electron chi connectivity index (χ3n) is 3.12. The molecule has 0 aliphatic heterocycles. The molecule has 0 atom stereocenters. The van der Waals surface area contributed by atoms with Crippen molar-refractivity contribution < 1.29 is 4.79 Å². The summed E-state index contributed by atoms with van der Waals surface area (Å²) in [7, 11) is 0. The number of carbonyl (C=O) groups is 1. The van der Waals surface area contributed by atoms with Gasteiger partial charge in [0, 0.05) is 14.8 Å². The molecule has 1 aromatic carbocycles. The Morgan fingerprint density at radius 2 is 2.18 bits per heavy atom. The van der Waals surface area contributed by atoms with E-state index in [1.807, 2.05) is 0 Å². The number of hydrogen-bond acceptors (Lipinski definition) is 1. The Labute approximate surface area is 122 Å². The van der Waals surface area contributed by atoms with E-state index in [1.54, 1.807) is 18.2 Å². The number of benzene rings is 1. The second-order valence-corrected chi connectivity index (χ2v) is 6.20. The minimum atomic E-state index is -0.0594. The van der Waals surface area contributed by atoms with Crippen LogP contribution < -0.4 is 5.32 Å². The van der Waals surface area contributed by atoms with Crippen molar-refractivity contribution in [3.8, 4) is 0 Å². The zero-order chi connectivity index (χ0) is 12.5. The van der Waals surface area contributed by atoms with E-state index in [9.17, 15) is 4.79 Å². The van der Waals surface area contributed by atoms with Gasteiger partial charge in [-0.25, -0.2) is 0 Å². The fraction of sp³-hybridized carbons (Fsp3) is 0.417. The second-order valence-electron chi connectivity index (χ2n) is 4.35. The van der Waals surface area contributed by atoms with Crippen molar-refractivity contribution >= 4 is 49.4 Å². The van der Waals surface area contributed by atoms with Gasteiger partial charge in [0.15, 0.2) is 0 Å². The van der Waals surface area contributed by atoms with Gasteiger partial charge in [0.05, 0.1) is 11.1 Å². The lowest BCUT2D eigenvalue weighted by Crippen LogP contribution is -2.54. The first-order chi connectivity index (χ1) is 8.06. The van der Waals surface area contributed by atoms with E-state index in [-0.39, 0.29) is 11.4 Å². The average molecular weight is 381 g/mol. The van der Waals surface area contributed by atoms with Gasteiger partial charge in [-0.1, -0.05) is 27.5 Å². The second kappa shape index (κ2) is 5.29. The third-order valence-corrected chi connectivity index (χ3v) is 5.09. The lowest BCUT2D eigenvalue weighted by molar-refractivity contribution is 0.0855. The fourth-order valence-corrected chi connectivity index (χ4v) is 3.44. The highest BCUT2D eigenvalue weighted by Gasteiger charge is 2.37. The zero-order valence-corrected chi connectivity index (χ0v) is 13.0. The van der Waals surface area contributed by atoms with E-state index in [1.165, 1.54) is 6.42 Å². The van der Waals surface area contributed by atoms with Crippen molar-refractivity contribution in [2.45, 2.75) is 24.8 Å². The van der Waals surface area contributed by atoms with Gasteiger partial charge in [-0.3, -0.25) is 4.79 Å². The van der Waals surface area contributed by atoms with Gasteiger partial charge in [-0.15, -0.1) is 0 Å². The highest BCUT2D eigenvalue weighted by Crippen LogP contribution is 2.34. The van der Waals surface area contributed by atoms with Gasteiger partial charge in [0.25, 0.3) is 5.91 Å². The molecule has 0 saturated heterocycles. The molecular formula is C12H12Br2ClNO. The standard InChI is InChI=1S/C12H12Br2ClNO/c13-7-12(4-1-5-12)16-11(17)9-3-2-8(15)6-10(9)14/h2-3,6H,1,4-5,7H2,(H,16,17). The van der Waals surface area contributed by atoms with Crippen LogP contribution in [-0.2, 0) is 0 Å². The molecule has 1 N–H and O–H groups in total. The Hall–Kier alpha value is -0.0600. The molecule has 1 fully saturated rings. The molecule has 92 valence electrons. The number of halogens is 3. The highest BCUT2D eigenvalue weighted by atomic mass is 79.9. The molecule has 0 radical (unpaired) electrons. The lowest BCUT2D eigenvalue weighted by Gasteiger charge is -2.41. The van der Waals surface area contributed by atoms with E-state index in [0.29, 0.717) is 10.6 Å².